The van der Waals surface area contributed by atoms with E-state index in [1.807, 2.05) is 30.3 Å². The van der Waals surface area contributed by atoms with Crippen molar-refractivity contribution in [2.45, 2.75) is 32.7 Å². The van der Waals surface area contributed by atoms with Gasteiger partial charge in [0, 0.05) is 37.4 Å². The highest BCUT2D eigenvalue weighted by Crippen LogP contribution is 2.15. The molecule has 0 aliphatic carbocycles. The first-order valence-corrected chi connectivity index (χ1v) is 9.27. The number of benzene rings is 1. The molecule has 3 rings (SSSR count). The second kappa shape index (κ2) is 8.76. The van der Waals surface area contributed by atoms with E-state index in [9.17, 15) is 4.79 Å². The number of para-hydroxylation sites is 1. The van der Waals surface area contributed by atoms with Crippen molar-refractivity contribution >= 4 is 17.4 Å². The van der Waals surface area contributed by atoms with Gasteiger partial charge in [-0.15, -0.1) is 0 Å². The molecule has 1 aromatic heterocycles. The van der Waals surface area contributed by atoms with Crippen LogP contribution in [0.15, 0.2) is 42.7 Å². The lowest BCUT2D eigenvalue weighted by Gasteiger charge is -2.33. The summed E-state index contributed by atoms with van der Waals surface area (Å²) < 4.78 is 0. The fourth-order valence-corrected chi connectivity index (χ4v) is 3.25. The zero-order valence-corrected chi connectivity index (χ0v) is 15.5. The molecule has 2 N–H and O–H groups in total. The van der Waals surface area contributed by atoms with Crippen molar-refractivity contribution in [2.24, 2.45) is 5.92 Å². The summed E-state index contributed by atoms with van der Waals surface area (Å²) in [6, 6.07) is 11.7. The van der Waals surface area contributed by atoms with Crippen LogP contribution < -0.4 is 10.6 Å². The highest BCUT2D eigenvalue weighted by molar-refractivity contribution is 5.93. The third-order valence-corrected chi connectivity index (χ3v) is 4.49. The Hall–Kier alpha value is -2.47. The van der Waals surface area contributed by atoms with E-state index in [1.165, 1.54) is 6.33 Å². The highest BCUT2D eigenvalue weighted by atomic mass is 16.1. The average molecular weight is 353 g/mol. The summed E-state index contributed by atoms with van der Waals surface area (Å²) in [7, 11) is 0. The van der Waals surface area contributed by atoms with Crippen LogP contribution in [0.2, 0.25) is 0 Å². The molecule has 6 nitrogen and oxygen atoms in total. The molecule has 1 aromatic carbocycles. The van der Waals surface area contributed by atoms with E-state index in [-0.39, 0.29) is 11.9 Å². The molecule has 2 heterocycles. The van der Waals surface area contributed by atoms with E-state index in [2.05, 4.69) is 39.3 Å². The maximum Gasteiger partial charge on any atom is 0.270 e. The van der Waals surface area contributed by atoms with Crippen molar-refractivity contribution in [3.05, 3.63) is 48.4 Å². The van der Waals surface area contributed by atoms with Crippen LogP contribution >= 0.6 is 0 Å². The van der Waals surface area contributed by atoms with Gasteiger partial charge in [-0.25, -0.2) is 9.97 Å². The summed E-state index contributed by atoms with van der Waals surface area (Å²) in [5, 5.41) is 6.31. The SMILES string of the molecule is CC(C)CN1CCC(NC(=O)c2cc(Nc3ccccc3)ncn2)CC1. The van der Waals surface area contributed by atoms with Crippen molar-refractivity contribution in [1.29, 1.82) is 0 Å². The molecule has 0 spiro atoms. The number of nitrogens with zero attached hydrogens (tertiary/aromatic N) is 3. The van der Waals surface area contributed by atoms with E-state index in [0.29, 0.717) is 17.4 Å². The molecule has 6 heteroatoms. The van der Waals surface area contributed by atoms with Gasteiger partial charge in [-0.1, -0.05) is 32.0 Å². The second-order valence-corrected chi connectivity index (χ2v) is 7.22. The van der Waals surface area contributed by atoms with Crippen molar-refractivity contribution in [1.82, 2.24) is 20.2 Å². The van der Waals surface area contributed by atoms with Crippen molar-refractivity contribution in [3.8, 4) is 0 Å². The van der Waals surface area contributed by atoms with E-state index in [0.717, 1.165) is 38.2 Å². The molecule has 26 heavy (non-hydrogen) atoms. The predicted molar refractivity (Wildman–Crippen MR) is 104 cm³/mol. The summed E-state index contributed by atoms with van der Waals surface area (Å²) in [6.45, 7) is 7.68. The Labute approximate surface area is 155 Å². The number of aromatic nitrogens is 2. The fraction of sp³-hybridized carbons (Fsp3) is 0.450. The van der Waals surface area contributed by atoms with Crippen LogP contribution in [0.25, 0.3) is 0 Å². The van der Waals surface area contributed by atoms with E-state index in [4.69, 9.17) is 0 Å². The maximum atomic E-state index is 12.5. The molecule has 1 saturated heterocycles. The minimum absolute atomic E-state index is 0.133. The van der Waals surface area contributed by atoms with E-state index < -0.39 is 0 Å². The van der Waals surface area contributed by atoms with Crippen LogP contribution in [-0.4, -0.2) is 46.5 Å². The molecule has 1 amide bonds. The van der Waals surface area contributed by atoms with Crippen molar-refractivity contribution in [2.75, 3.05) is 25.0 Å². The van der Waals surface area contributed by atoms with Gasteiger partial charge in [0.15, 0.2) is 0 Å². The molecular formula is C20H27N5O. The van der Waals surface area contributed by atoms with E-state index in [1.54, 1.807) is 6.07 Å². The molecule has 0 bridgehead atoms. The number of hydrogen-bond donors (Lipinski definition) is 2. The Morgan fingerprint density at radius 3 is 2.62 bits per heavy atom. The Balaban J connectivity index is 1.54. The minimum Gasteiger partial charge on any atom is -0.348 e. The summed E-state index contributed by atoms with van der Waals surface area (Å²) in [6.07, 6.45) is 3.39. The predicted octanol–water partition coefficient (Wildman–Crippen LogP) is 3.07. The Kier molecular flexibility index (Phi) is 6.17. The molecule has 1 aliphatic heterocycles. The first-order valence-electron chi connectivity index (χ1n) is 9.27. The van der Waals surface area contributed by atoms with Gasteiger partial charge in [-0.3, -0.25) is 4.79 Å². The first kappa shape index (κ1) is 18.3. The van der Waals surface area contributed by atoms with Crippen LogP contribution in [0.4, 0.5) is 11.5 Å². The van der Waals surface area contributed by atoms with Crippen LogP contribution in [0.3, 0.4) is 0 Å². The third-order valence-electron chi connectivity index (χ3n) is 4.49. The summed E-state index contributed by atoms with van der Waals surface area (Å²) in [4.78, 5) is 23.3. The standard InChI is InChI=1S/C20H27N5O/c1-15(2)13-25-10-8-17(9-11-25)24-20(26)18-12-19(22-14-21-18)23-16-6-4-3-5-7-16/h3-7,12,14-15,17H,8-11,13H2,1-2H3,(H,24,26)(H,21,22,23). The van der Waals surface area contributed by atoms with Crippen LogP contribution in [-0.2, 0) is 0 Å². The quantitative estimate of drug-likeness (QED) is 0.835. The molecule has 2 aromatic rings. The normalized spacial score (nSPS) is 15.8. The summed E-state index contributed by atoms with van der Waals surface area (Å²) in [5.74, 6) is 1.16. The fourth-order valence-electron chi connectivity index (χ4n) is 3.25. The Morgan fingerprint density at radius 2 is 1.92 bits per heavy atom. The zero-order valence-electron chi connectivity index (χ0n) is 15.5. The lowest BCUT2D eigenvalue weighted by atomic mass is 10.0. The molecule has 0 unspecified atom stereocenters. The van der Waals surface area contributed by atoms with Gasteiger partial charge in [0.1, 0.15) is 17.8 Å². The number of piperidine rings is 1. The number of carbonyl (C=O) groups excluding carboxylic acids is 1. The number of hydrogen-bond acceptors (Lipinski definition) is 5. The lowest BCUT2D eigenvalue weighted by molar-refractivity contribution is 0.0902. The van der Waals surface area contributed by atoms with Crippen molar-refractivity contribution in [3.63, 3.8) is 0 Å². The Morgan fingerprint density at radius 1 is 1.19 bits per heavy atom. The number of amides is 1. The number of likely N-dealkylation sites (tertiary alicyclic amines) is 1. The molecule has 138 valence electrons. The van der Waals surface area contributed by atoms with Gasteiger partial charge < -0.3 is 15.5 Å². The molecule has 1 aliphatic rings. The summed E-state index contributed by atoms with van der Waals surface area (Å²) >= 11 is 0. The third kappa shape index (κ3) is 5.26. The van der Waals surface area contributed by atoms with Crippen LogP contribution in [0.1, 0.15) is 37.2 Å². The molecule has 0 radical (unpaired) electrons. The van der Waals surface area contributed by atoms with Gasteiger partial charge in [0.2, 0.25) is 0 Å². The Bertz CT molecular complexity index is 711. The van der Waals surface area contributed by atoms with Gasteiger partial charge in [-0.2, -0.15) is 0 Å². The summed E-state index contributed by atoms with van der Waals surface area (Å²) in [5.41, 5.74) is 1.32. The van der Waals surface area contributed by atoms with Crippen LogP contribution in [0.5, 0.6) is 0 Å². The minimum atomic E-state index is -0.133. The molecule has 0 saturated carbocycles. The number of carbonyl (C=O) groups is 1. The highest BCUT2D eigenvalue weighted by Gasteiger charge is 2.22. The number of anilines is 2. The van der Waals surface area contributed by atoms with Crippen molar-refractivity contribution < 1.29 is 4.79 Å². The lowest BCUT2D eigenvalue weighted by Crippen LogP contribution is -2.45. The molecule has 0 atom stereocenters. The smallest absolute Gasteiger partial charge is 0.270 e. The van der Waals surface area contributed by atoms with E-state index >= 15 is 0 Å². The monoisotopic (exact) mass is 353 g/mol. The van der Waals surface area contributed by atoms with Gasteiger partial charge in [0.05, 0.1) is 0 Å². The van der Waals surface area contributed by atoms with Gasteiger partial charge >= 0.3 is 0 Å². The van der Waals surface area contributed by atoms with Gasteiger partial charge in [0.25, 0.3) is 5.91 Å². The van der Waals surface area contributed by atoms with Crippen LogP contribution in [0, 0.1) is 5.92 Å². The second-order valence-electron chi connectivity index (χ2n) is 7.22. The van der Waals surface area contributed by atoms with Gasteiger partial charge in [-0.05, 0) is 30.9 Å². The zero-order chi connectivity index (χ0) is 18.4. The number of rotatable bonds is 6. The average Bonchev–Trinajstić information content (AvgIpc) is 2.64. The molecule has 1 fully saturated rings. The number of nitrogens with one attached hydrogen (secondary N) is 2. The largest absolute Gasteiger partial charge is 0.348 e. The topological polar surface area (TPSA) is 70.2 Å². The maximum absolute atomic E-state index is 12.5. The molecular weight excluding hydrogens is 326 g/mol. The first-order chi connectivity index (χ1) is 12.6.